The third-order valence-electron chi connectivity index (χ3n) is 3.18. The molecule has 2 nitrogen and oxygen atoms in total. The van der Waals surface area contributed by atoms with Gasteiger partial charge in [-0.1, -0.05) is 17.7 Å². The second kappa shape index (κ2) is 5.57. The van der Waals surface area contributed by atoms with Gasteiger partial charge in [0.15, 0.2) is 0 Å². The molecular weight excluding hydrogens is 259 g/mol. The first kappa shape index (κ1) is 13.1. The Morgan fingerprint density at radius 1 is 1.59 bits per heavy atom. The van der Waals surface area contributed by atoms with Crippen LogP contribution in [0.25, 0.3) is 0 Å². The average Bonchev–Trinajstić information content (AvgIpc) is 2.29. The van der Waals surface area contributed by atoms with Crippen molar-refractivity contribution in [3.63, 3.8) is 0 Å². The highest BCUT2D eigenvalue weighted by Crippen LogP contribution is 2.27. The van der Waals surface area contributed by atoms with Crippen LogP contribution in [0.15, 0.2) is 18.2 Å². The summed E-state index contributed by atoms with van der Waals surface area (Å²) in [6.07, 6.45) is 0. The summed E-state index contributed by atoms with van der Waals surface area (Å²) in [7, 11) is 2.04. The Bertz CT molecular complexity index is 402. The van der Waals surface area contributed by atoms with Crippen molar-refractivity contribution in [1.82, 2.24) is 4.90 Å². The van der Waals surface area contributed by atoms with E-state index < -0.39 is 0 Å². The van der Waals surface area contributed by atoms with Gasteiger partial charge in [-0.15, -0.1) is 0 Å². The molecule has 1 saturated heterocycles. The molecule has 2 rings (SSSR count). The number of nitrogens with zero attached hydrogens (tertiary/aromatic N) is 1. The molecule has 2 unspecified atom stereocenters. The van der Waals surface area contributed by atoms with Crippen LogP contribution >= 0.6 is 23.4 Å². The van der Waals surface area contributed by atoms with Gasteiger partial charge in [0, 0.05) is 40.7 Å². The summed E-state index contributed by atoms with van der Waals surface area (Å²) in [5, 5.41) is 0.407. The summed E-state index contributed by atoms with van der Waals surface area (Å²) in [4.78, 5) is 2.20. The summed E-state index contributed by atoms with van der Waals surface area (Å²) >= 11 is 7.61. The van der Waals surface area contributed by atoms with Crippen LogP contribution < -0.4 is 5.73 Å². The molecule has 5 heteroatoms. The highest BCUT2D eigenvalue weighted by molar-refractivity contribution is 7.99. The van der Waals surface area contributed by atoms with Crippen LogP contribution in [0.1, 0.15) is 11.6 Å². The van der Waals surface area contributed by atoms with Gasteiger partial charge >= 0.3 is 0 Å². The molecule has 1 aliphatic rings. The van der Waals surface area contributed by atoms with Gasteiger partial charge in [-0.25, -0.2) is 4.39 Å². The topological polar surface area (TPSA) is 29.3 Å². The van der Waals surface area contributed by atoms with E-state index in [2.05, 4.69) is 4.90 Å². The maximum absolute atomic E-state index is 13.8. The van der Waals surface area contributed by atoms with Gasteiger partial charge in [-0.2, -0.15) is 11.8 Å². The minimum absolute atomic E-state index is 0.185. The van der Waals surface area contributed by atoms with Crippen molar-refractivity contribution in [3.8, 4) is 0 Å². The van der Waals surface area contributed by atoms with E-state index in [1.807, 2.05) is 18.8 Å². The zero-order chi connectivity index (χ0) is 12.4. The summed E-state index contributed by atoms with van der Waals surface area (Å²) in [6.45, 7) is 0.998. The molecule has 94 valence electrons. The van der Waals surface area contributed by atoms with Gasteiger partial charge in [-0.05, 0) is 19.2 Å². The molecular formula is C12H16ClFN2S. The lowest BCUT2D eigenvalue weighted by molar-refractivity contribution is 0.235. The monoisotopic (exact) mass is 274 g/mol. The number of rotatable bonds is 2. The van der Waals surface area contributed by atoms with E-state index in [1.165, 1.54) is 6.07 Å². The Kier molecular flexibility index (Phi) is 4.31. The third-order valence-corrected chi connectivity index (χ3v) is 4.46. The number of likely N-dealkylation sites (N-methyl/N-ethyl adjacent to an activating group) is 1. The van der Waals surface area contributed by atoms with E-state index in [-0.39, 0.29) is 17.9 Å². The second-order valence-corrected chi connectivity index (χ2v) is 5.90. The largest absolute Gasteiger partial charge is 0.323 e. The van der Waals surface area contributed by atoms with Crippen LogP contribution in [0.5, 0.6) is 0 Å². The Morgan fingerprint density at radius 2 is 2.35 bits per heavy atom. The van der Waals surface area contributed by atoms with E-state index in [0.29, 0.717) is 10.6 Å². The molecule has 1 heterocycles. The fourth-order valence-corrected chi connectivity index (χ4v) is 3.51. The molecule has 1 aliphatic heterocycles. The van der Waals surface area contributed by atoms with Crippen molar-refractivity contribution in [3.05, 3.63) is 34.6 Å². The van der Waals surface area contributed by atoms with Crippen LogP contribution in [0.2, 0.25) is 5.02 Å². The summed E-state index contributed by atoms with van der Waals surface area (Å²) in [5.74, 6) is 1.75. The average molecular weight is 275 g/mol. The normalized spacial score (nSPS) is 23.6. The van der Waals surface area contributed by atoms with Crippen LogP contribution in [-0.2, 0) is 0 Å². The molecule has 1 aromatic carbocycles. The van der Waals surface area contributed by atoms with Gasteiger partial charge in [-0.3, -0.25) is 4.90 Å². The Morgan fingerprint density at radius 3 is 3.00 bits per heavy atom. The lowest BCUT2D eigenvalue weighted by Gasteiger charge is -2.36. The smallest absolute Gasteiger partial charge is 0.129 e. The molecule has 0 amide bonds. The third kappa shape index (κ3) is 2.94. The van der Waals surface area contributed by atoms with Crippen LogP contribution in [0.3, 0.4) is 0 Å². The molecule has 0 bridgehead atoms. The van der Waals surface area contributed by atoms with E-state index in [9.17, 15) is 4.39 Å². The zero-order valence-corrected chi connectivity index (χ0v) is 11.3. The van der Waals surface area contributed by atoms with Crippen molar-refractivity contribution in [2.24, 2.45) is 5.73 Å². The van der Waals surface area contributed by atoms with E-state index >= 15 is 0 Å². The minimum Gasteiger partial charge on any atom is -0.323 e. The molecule has 0 aliphatic carbocycles. The molecule has 2 N–H and O–H groups in total. The second-order valence-electron chi connectivity index (χ2n) is 4.31. The number of nitrogens with two attached hydrogens (primary N) is 1. The number of hydrogen-bond donors (Lipinski definition) is 1. The van der Waals surface area contributed by atoms with Gasteiger partial charge < -0.3 is 5.73 Å². The lowest BCUT2D eigenvalue weighted by atomic mass is 9.99. The Labute approximate surface area is 110 Å². The van der Waals surface area contributed by atoms with Crippen LogP contribution in [0.4, 0.5) is 4.39 Å². The molecule has 0 saturated carbocycles. The first-order chi connectivity index (χ1) is 8.09. The van der Waals surface area contributed by atoms with Crippen LogP contribution in [-0.4, -0.2) is 36.0 Å². The van der Waals surface area contributed by atoms with E-state index in [4.69, 9.17) is 17.3 Å². The fourth-order valence-electron chi connectivity index (χ4n) is 2.06. The first-order valence-electron chi connectivity index (χ1n) is 5.58. The predicted octanol–water partition coefficient (Wildman–Crippen LogP) is 2.53. The molecule has 0 radical (unpaired) electrons. The number of benzene rings is 1. The number of thioether (sulfide) groups is 1. The fraction of sp³-hybridized carbons (Fsp3) is 0.500. The Balaban J connectivity index is 2.20. The SMILES string of the molecule is CN1CCSCC1C(N)c1ccc(Cl)cc1F. The van der Waals surface area contributed by atoms with Crippen molar-refractivity contribution in [2.75, 3.05) is 25.1 Å². The maximum Gasteiger partial charge on any atom is 0.129 e. The summed E-state index contributed by atoms with van der Waals surface area (Å²) in [5.41, 5.74) is 6.72. The highest BCUT2D eigenvalue weighted by atomic mass is 35.5. The maximum atomic E-state index is 13.8. The van der Waals surface area contributed by atoms with Gasteiger partial charge in [0.2, 0.25) is 0 Å². The van der Waals surface area contributed by atoms with Gasteiger partial charge in [0.1, 0.15) is 5.82 Å². The molecule has 0 aromatic heterocycles. The molecule has 17 heavy (non-hydrogen) atoms. The van der Waals surface area contributed by atoms with Crippen molar-refractivity contribution in [1.29, 1.82) is 0 Å². The minimum atomic E-state index is -0.311. The first-order valence-corrected chi connectivity index (χ1v) is 7.11. The number of halogens is 2. The van der Waals surface area contributed by atoms with E-state index in [1.54, 1.807) is 12.1 Å². The Hall–Kier alpha value is -0.290. The standard InChI is InChI=1S/C12H16ClFN2S/c1-16-4-5-17-7-11(16)12(15)9-3-2-8(13)6-10(9)14/h2-3,6,11-12H,4-5,7,15H2,1H3. The van der Waals surface area contributed by atoms with Crippen molar-refractivity contribution >= 4 is 23.4 Å². The zero-order valence-electron chi connectivity index (χ0n) is 9.70. The lowest BCUT2D eigenvalue weighted by Crippen LogP contribution is -2.46. The summed E-state index contributed by atoms with van der Waals surface area (Å²) in [6, 6.07) is 4.59. The molecule has 1 fully saturated rings. The van der Waals surface area contributed by atoms with Crippen molar-refractivity contribution in [2.45, 2.75) is 12.1 Å². The molecule has 1 aromatic rings. The van der Waals surface area contributed by atoms with Gasteiger partial charge in [0.25, 0.3) is 0 Å². The summed E-state index contributed by atoms with van der Waals surface area (Å²) < 4.78 is 13.8. The van der Waals surface area contributed by atoms with E-state index in [0.717, 1.165) is 18.1 Å². The predicted molar refractivity (Wildman–Crippen MR) is 72.1 cm³/mol. The molecule has 0 spiro atoms. The quantitative estimate of drug-likeness (QED) is 0.899. The highest BCUT2D eigenvalue weighted by Gasteiger charge is 2.28. The molecule has 2 atom stereocenters. The van der Waals surface area contributed by atoms with Gasteiger partial charge in [0.05, 0.1) is 0 Å². The van der Waals surface area contributed by atoms with Crippen molar-refractivity contribution < 1.29 is 4.39 Å². The number of hydrogen-bond acceptors (Lipinski definition) is 3. The van der Waals surface area contributed by atoms with Crippen LogP contribution in [0, 0.1) is 5.82 Å².